The lowest BCUT2D eigenvalue weighted by atomic mass is 10.1. The molecule has 0 bridgehead atoms. The molecule has 0 radical (unpaired) electrons. The van der Waals surface area contributed by atoms with Crippen molar-refractivity contribution in [3.8, 4) is 0 Å². The van der Waals surface area contributed by atoms with Crippen molar-refractivity contribution in [3.63, 3.8) is 0 Å². The lowest BCUT2D eigenvalue weighted by molar-refractivity contribution is 0.0525. The Morgan fingerprint density at radius 3 is 2.59 bits per heavy atom. The van der Waals surface area contributed by atoms with Crippen LogP contribution in [0.3, 0.4) is 0 Å². The van der Waals surface area contributed by atoms with Crippen LogP contribution in [0.2, 0.25) is 0 Å². The lowest BCUT2D eigenvalue weighted by Gasteiger charge is -2.11. The molecule has 1 rings (SSSR count). The maximum absolute atomic E-state index is 11.6. The van der Waals surface area contributed by atoms with Crippen LogP contribution in [0, 0.1) is 6.92 Å². The molecule has 0 fully saturated rings. The number of ether oxygens (including phenoxy) is 1. The normalized spacial score (nSPS) is 11.0. The first-order valence-electron chi connectivity index (χ1n) is 5.09. The molecule has 94 valence electrons. The molecule has 0 saturated heterocycles. The maximum Gasteiger partial charge on any atom is 0.338 e. The van der Waals surface area contributed by atoms with E-state index in [9.17, 15) is 13.2 Å². The van der Waals surface area contributed by atoms with Crippen LogP contribution in [0.25, 0.3) is 0 Å². The number of rotatable bonds is 4. The second kappa shape index (κ2) is 5.18. The number of anilines is 1. The Morgan fingerprint density at radius 2 is 2.06 bits per heavy atom. The van der Waals surface area contributed by atoms with Gasteiger partial charge in [0.1, 0.15) is 0 Å². The van der Waals surface area contributed by atoms with E-state index in [1.165, 1.54) is 0 Å². The average Bonchev–Trinajstić information content (AvgIpc) is 2.19. The number of esters is 1. The van der Waals surface area contributed by atoms with Crippen LogP contribution < -0.4 is 4.72 Å². The molecule has 0 aliphatic carbocycles. The van der Waals surface area contributed by atoms with Gasteiger partial charge >= 0.3 is 5.97 Å². The molecule has 1 N–H and O–H groups in total. The van der Waals surface area contributed by atoms with Crippen LogP contribution in [0.4, 0.5) is 5.69 Å². The van der Waals surface area contributed by atoms with Gasteiger partial charge in [-0.05, 0) is 31.5 Å². The lowest BCUT2D eigenvalue weighted by Crippen LogP contribution is -2.13. The van der Waals surface area contributed by atoms with E-state index in [1.54, 1.807) is 32.0 Å². The molecule has 1 aromatic carbocycles. The molecule has 0 heterocycles. The SMILES string of the molecule is CCOC(=O)c1cccc(NS(C)(=O)=O)c1C. The van der Waals surface area contributed by atoms with E-state index in [0.717, 1.165) is 6.26 Å². The summed E-state index contributed by atoms with van der Waals surface area (Å²) in [4.78, 5) is 11.6. The third-order valence-electron chi connectivity index (χ3n) is 2.12. The van der Waals surface area contributed by atoms with E-state index >= 15 is 0 Å². The van der Waals surface area contributed by atoms with E-state index in [-0.39, 0.29) is 6.61 Å². The van der Waals surface area contributed by atoms with E-state index in [0.29, 0.717) is 16.8 Å². The molecule has 0 atom stereocenters. The number of sulfonamides is 1. The summed E-state index contributed by atoms with van der Waals surface area (Å²) in [7, 11) is -3.36. The summed E-state index contributed by atoms with van der Waals surface area (Å²) in [5.41, 5.74) is 1.30. The Morgan fingerprint density at radius 1 is 1.41 bits per heavy atom. The summed E-state index contributed by atoms with van der Waals surface area (Å²) >= 11 is 0. The fourth-order valence-electron chi connectivity index (χ4n) is 1.38. The van der Waals surface area contributed by atoms with Gasteiger partial charge in [-0.2, -0.15) is 0 Å². The number of benzene rings is 1. The summed E-state index contributed by atoms with van der Waals surface area (Å²) in [6, 6.07) is 4.80. The van der Waals surface area contributed by atoms with Crippen LogP contribution >= 0.6 is 0 Å². The molecule has 17 heavy (non-hydrogen) atoms. The van der Waals surface area contributed by atoms with Crippen molar-refractivity contribution >= 4 is 21.7 Å². The first-order valence-corrected chi connectivity index (χ1v) is 6.99. The van der Waals surface area contributed by atoms with E-state index in [4.69, 9.17) is 4.74 Å². The first kappa shape index (κ1) is 13.5. The molecule has 0 aromatic heterocycles. The second-order valence-electron chi connectivity index (χ2n) is 3.57. The van der Waals surface area contributed by atoms with Gasteiger partial charge in [0.25, 0.3) is 0 Å². The highest BCUT2D eigenvalue weighted by Crippen LogP contribution is 2.20. The van der Waals surface area contributed by atoms with E-state index < -0.39 is 16.0 Å². The van der Waals surface area contributed by atoms with Crippen LogP contribution in [0.5, 0.6) is 0 Å². The maximum atomic E-state index is 11.6. The molecule has 0 amide bonds. The molecule has 0 saturated carbocycles. The van der Waals surface area contributed by atoms with Gasteiger partial charge in [-0.15, -0.1) is 0 Å². The van der Waals surface area contributed by atoms with Crippen LogP contribution in [0.15, 0.2) is 18.2 Å². The number of carbonyl (C=O) groups is 1. The Balaban J connectivity index is 3.12. The molecule has 0 aliphatic rings. The monoisotopic (exact) mass is 257 g/mol. The Labute approximate surface area is 101 Å². The van der Waals surface area contributed by atoms with Gasteiger partial charge in [0.15, 0.2) is 0 Å². The largest absolute Gasteiger partial charge is 0.462 e. The number of carbonyl (C=O) groups excluding carboxylic acids is 1. The summed E-state index contributed by atoms with van der Waals surface area (Å²) in [6.07, 6.45) is 1.06. The molecule has 6 heteroatoms. The van der Waals surface area contributed by atoms with Crippen molar-refractivity contribution in [2.45, 2.75) is 13.8 Å². The van der Waals surface area contributed by atoms with Gasteiger partial charge in [0, 0.05) is 0 Å². The highest BCUT2D eigenvalue weighted by Gasteiger charge is 2.14. The van der Waals surface area contributed by atoms with Crippen LogP contribution in [0.1, 0.15) is 22.8 Å². The molecule has 1 aromatic rings. The third kappa shape index (κ3) is 3.74. The van der Waals surface area contributed by atoms with Crippen LogP contribution in [-0.4, -0.2) is 27.2 Å². The van der Waals surface area contributed by atoms with Crippen molar-refractivity contribution in [2.75, 3.05) is 17.6 Å². The zero-order chi connectivity index (χ0) is 13.1. The Hall–Kier alpha value is -1.56. The third-order valence-corrected chi connectivity index (χ3v) is 2.72. The molecular weight excluding hydrogens is 242 g/mol. The average molecular weight is 257 g/mol. The number of hydrogen-bond acceptors (Lipinski definition) is 4. The fourth-order valence-corrected chi connectivity index (χ4v) is 2.00. The summed E-state index contributed by atoms with van der Waals surface area (Å²) < 4.78 is 29.5. The zero-order valence-electron chi connectivity index (χ0n) is 9.98. The minimum absolute atomic E-state index is 0.280. The van der Waals surface area contributed by atoms with E-state index in [1.807, 2.05) is 0 Å². The van der Waals surface area contributed by atoms with Gasteiger partial charge in [-0.3, -0.25) is 4.72 Å². The predicted molar refractivity (Wildman–Crippen MR) is 65.6 cm³/mol. The van der Waals surface area contributed by atoms with Crippen molar-refractivity contribution in [3.05, 3.63) is 29.3 Å². The van der Waals surface area contributed by atoms with Gasteiger partial charge < -0.3 is 4.74 Å². The number of nitrogens with one attached hydrogen (secondary N) is 1. The van der Waals surface area contributed by atoms with E-state index in [2.05, 4.69) is 4.72 Å². The minimum Gasteiger partial charge on any atom is -0.462 e. The van der Waals surface area contributed by atoms with Crippen molar-refractivity contribution in [2.24, 2.45) is 0 Å². The van der Waals surface area contributed by atoms with Crippen molar-refractivity contribution < 1.29 is 17.9 Å². The minimum atomic E-state index is -3.36. The smallest absolute Gasteiger partial charge is 0.338 e. The zero-order valence-corrected chi connectivity index (χ0v) is 10.8. The topological polar surface area (TPSA) is 72.5 Å². The standard InChI is InChI=1S/C11H15NO4S/c1-4-16-11(13)9-6-5-7-10(8(9)2)12-17(3,14)15/h5-7,12H,4H2,1-3H3. The second-order valence-corrected chi connectivity index (χ2v) is 5.32. The summed E-state index contributed by atoms with van der Waals surface area (Å²) in [5, 5.41) is 0. The number of hydrogen-bond donors (Lipinski definition) is 1. The van der Waals surface area contributed by atoms with Gasteiger partial charge in [-0.25, -0.2) is 13.2 Å². The molecular formula is C11H15NO4S. The molecule has 5 nitrogen and oxygen atoms in total. The highest BCUT2D eigenvalue weighted by molar-refractivity contribution is 7.92. The molecule has 0 unspecified atom stereocenters. The van der Waals surface area contributed by atoms with Crippen LogP contribution in [-0.2, 0) is 14.8 Å². The Kier molecular flexibility index (Phi) is 4.11. The molecule has 0 spiro atoms. The predicted octanol–water partition coefficient (Wildman–Crippen LogP) is 1.54. The first-order chi connectivity index (χ1) is 7.85. The van der Waals surface area contributed by atoms with Crippen molar-refractivity contribution in [1.29, 1.82) is 0 Å². The Bertz CT molecular complexity index is 522. The molecule has 0 aliphatic heterocycles. The summed E-state index contributed by atoms with van der Waals surface area (Å²) in [6.45, 7) is 3.66. The summed E-state index contributed by atoms with van der Waals surface area (Å²) in [5.74, 6) is -0.456. The van der Waals surface area contributed by atoms with Gasteiger partial charge in [0.05, 0.1) is 24.1 Å². The highest BCUT2D eigenvalue weighted by atomic mass is 32.2. The van der Waals surface area contributed by atoms with Gasteiger partial charge in [-0.1, -0.05) is 6.07 Å². The van der Waals surface area contributed by atoms with Crippen molar-refractivity contribution in [1.82, 2.24) is 0 Å². The fraction of sp³-hybridized carbons (Fsp3) is 0.364. The van der Waals surface area contributed by atoms with Gasteiger partial charge in [0.2, 0.25) is 10.0 Å². The quantitative estimate of drug-likeness (QED) is 0.830.